The van der Waals surface area contributed by atoms with Crippen LogP contribution in [0.1, 0.15) is 6.42 Å². The third-order valence-corrected chi connectivity index (χ3v) is 0.333. The fourth-order valence-electron chi connectivity index (χ4n) is 0.118. The molecule has 0 unspecified atom stereocenters. The van der Waals surface area contributed by atoms with E-state index in [1.807, 2.05) is 12.2 Å². The molecule has 0 N–H and O–H groups in total. The molecule has 0 atom stereocenters. The summed E-state index contributed by atoms with van der Waals surface area (Å²) in [5.74, 6) is 0. The molecule has 0 aliphatic carbocycles. The Morgan fingerprint density at radius 1 is 1.00 bits per heavy atom. The molecule has 0 aliphatic heterocycles. The van der Waals surface area contributed by atoms with Crippen LogP contribution in [0.4, 0.5) is 0 Å². The predicted octanol–water partition coefficient (Wildman–Crippen LogP) is 2.55. The van der Waals surface area contributed by atoms with Gasteiger partial charge in [-0.25, -0.2) is 0 Å². The zero-order valence-corrected chi connectivity index (χ0v) is 4.69. The molecule has 0 aliphatic rings. The van der Waals surface area contributed by atoms with Crippen LogP contribution in [0.2, 0.25) is 0 Å². The topological polar surface area (TPSA) is 0 Å². The summed E-state index contributed by atoms with van der Waals surface area (Å²) in [5, 5.41) is 0. The summed E-state index contributed by atoms with van der Waals surface area (Å²) in [4.78, 5) is 0. The molecule has 0 rings (SSSR count). The molecule has 0 nitrogen and oxygen atoms in total. The Labute approximate surface area is 45.9 Å². The summed E-state index contributed by atoms with van der Waals surface area (Å²) in [7, 11) is 0. The largest absolute Gasteiger partial charge is 0.106 e. The van der Waals surface area contributed by atoms with Gasteiger partial charge in [0.25, 0.3) is 0 Å². The molecule has 0 amide bonds. The summed E-state index contributed by atoms with van der Waals surface area (Å²) in [6.45, 7) is 13.0. The standard InChI is InChI=1S/C5H8.C2H4/c1-3-5-4-2;1-2/h3-4H,1-2,5H2;1-2H2. The number of hydrogen-bond acceptors (Lipinski definition) is 0. The molecule has 0 saturated heterocycles. The Kier molecular flexibility index (Phi) is 25.6. The smallest absolute Gasteiger partial charge is 0.0175 e. The van der Waals surface area contributed by atoms with Gasteiger partial charge in [-0.3, -0.25) is 0 Å². The zero-order valence-electron chi connectivity index (χ0n) is 4.69. The van der Waals surface area contributed by atoms with Crippen molar-refractivity contribution < 1.29 is 0 Å². The molecule has 0 aromatic carbocycles. The highest BCUT2D eigenvalue weighted by atomic mass is 13.6. The van der Waals surface area contributed by atoms with Crippen molar-refractivity contribution in [1.29, 1.82) is 0 Å². The van der Waals surface area contributed by atoms with Crippen LogP contribution in [0.15, 0.2) is 38.5 Å². The quantitative estimate of drug-likeness (QED) is 0.463. The van der Waals surface area contributed by atoms with Gasteiger partial charge in [-0.2, -0.15) is 0 Å². The van der Waals surface area contributed by atoms with Crippen LogP contribution < -0.4 is 0 Å². The molecular formula is C7H12. The molecule has 0 heterocycles. The minimum atomic E-state index is 0.917. The number of rotatable bonds is 2. The monoisotopic (exact) mass is 96.1 g/mol. The lowest BCUT2D eigenvalue weighted by molar-refractivity contribution is 1.42. The van der Waals surface area contributed by atoms with Gasteiger partial charge in [-0.05, 0) is 6.42 Å². The fourth-order valence-corrected chi connectivity index (χ4v) is 0.118. The highest BCUT2D eigenvalue weighted by molar-refractivity contribution is 4.79. The second-order valence-electron chi connectivity index (χ2n) is 0.813. The third kappa shape index (κ3) is 36.4. The van der Waals surface area contributed by atoms with Gasteiger partial charge in [0.05, 0.1) is 0 Å². The van der Waals surface area contributed by atoms with Gasteiger partial charge in [-0.1, -0.05) is 12.2 Å². The zero-order chi connectivity index (χ0) is 6.12. The molecule has 0 aromatic heterocycles. The lowest BCUT2D eigenvalue weighted by Crippen LogP contribution is -1.43. The van der Waals surface area contributed by atoms with Gasteiger partial charge in [0.2, 0.25) is 0 Å². The second kappa shape index (κ2) is 18.9. The molecule has 0 spiro atoms. The van der Waals surface area contributed by atoms with Crippen molar-refractivity contribution in [2.24, 2.45) is 0 Å². The minimum absolute atomic E-state index is 0.917. The Hall–Kier alpha value is -0.780. The first kappa shape index (κ1) is 9.52. The van der Waals surface area contributed by atoms with E-state index in [0.717, 1.165) is 6.42 Å². The highest BCUT2D eigenvalue weighted by Crippen LogP contribution is 1.73. The van der Waals surface area contributed by atoms with Crippen LogP contribution in [-0.4, -0.2) is 0 Å². The van der Waals surface area contributed by atoms with Gasteiger partial charge >= 0.3 is 0 Å². The maximum atomic E-state index is 3.48. The van der Waals surface area contributed by atoms with Crippen molar-refractivity contribution in [3.8, 4) is 0 Å². The van der Waals surface area contributed by atoms with E-state index in [-0.39, 0.29) is 0 Å². The lowest BCUT2D eigenvalue weighted by Gasteiger charge is -1.64. The van der Waals surface area contributed by atoms with Gasteiger partial charge in [0.15, 0.2) is 0 Å². The van der Waals surface area contributed by atoms with E-state index in [1.54, 1.807) is 0 Å². The van der Waals surface area contributed by atoms with Crippen LogP contribution in [-0.2, 0) is 0 Å². The van der Waals surface area contributed by atoms with E-state index < -0.39 is 0 Å². The molecule has 40 valence electrons. The maximum Gasteiger partial charge on any atom is -0.0175 e. The average Bonchev–Trinajstić information content (AvgIpc) is 1.75. The average molecular weight is 96.2 g/mol. The Morgan fingerprint density at radius 3 is 1.29 bits per heavy atom. The van der Waals surface area contributed by atoms with Crippen LogP contribution in [0, 0.1) is 0 Å². The summed E-state index contributed by atoms with van der Waals surface area (Å²) in [5.41, 5.74) is 0. The molecule has 7 heavy (non-hydrogen) atoms. The Balaban J connectivity index is 0. The van der Waals surface area contributed by atoms with Gasteiger partial charge in [-0.15, -0.1) is 26.3 Å². The molecule has 0 saturated carbocycles. The highest BCUT2D eigenvalue weighted by Gasteiger charge is 1.52. The normalized spacial score (nSPS) is 5.14. The van der Waals surface area contributed by atoms with Crippen LogP contribution in [0.3, 0.4) is 0 Å². The van der Waals surface area contributed by atoms with Gasteiger partial charge in [0.1, 0.15) is 0 Å². The molecule has 0 radical (unpaired) electrons. The minimum Gasteiger partial charge on any atom is -0.106 e. The summed E-state index contributed by atoms with van der Waals surface area (Å²) in [6, 6.07) is 0. The van der Waals surface area contributed by atoms with Gasteiger partial charge < -0.3 is 0 Å². The van der Waals surface area contributed by atoms with Crippen molar-refractivity contribution in [2.75, 3.05) is 0 Å². The fraction of sp³-hybridized carbons (Fsp3) is 0.143. The summed E-state index contributed by atoms with van der Waals surface area (Å²) >= 11 is 0. The van der Waals surface area contributed by atoms with Crippen molar-refractivity contribution in [1.82, 2.24) is 0 Å². The van der Waals surface area contributed by atoms with Crippen LogP contribution >= 0.6 is 0 Å². The van der Waals surface area contributed by atoms with Crippen molar-refractivity contribution in [2.45, 2.75) is 6.42 Å². The molecule has 0 heteroatoms. The van der Waals surface area contributed by atoms with Crippen molar-refractivity contribution in [3.63, 3.8) is 0 Å². The Bertz CT molecular complexity index is 38.0. The number of allylic oxidation sites excluding steroid dienone is 2. The molecule has 0 aromatic rings. The van der Waals surface area contributed by atoms with E-state index in [1.165, 1.54) is 0 Å². The first-order chi connectivity index (χ1) is 3.41. The first-order valence-electron chi connectivity index (χ1n) is 2.13. The number of hydrogen-bond donors (Lipinski definition) is 0. The van der Waals surface area contributed by atoms with Crippen molar-refractivity contribution >= 4 is 0 Å². The summed E-state index contributed by atoms with van der Waals surface area (Å²) in [6.07, 6.45) is 4.54. The maximum absolute atomic E-state index is 3.48. The SMILES string of the molecule is C=C.C=CCC=C. The van der Waals surface area contributed by atoms with E-state index in [0.29, 0.717) is 0 Å². The Morgan fingerprint density at radius 2 is 1.29 bits per heavy atom. The van der Waals surface area contributed by atoms with Gasteiger partial charge in [0, 0.05) is 0 Å². The van der Waals surface area contributed by atoms with Crippen LogP contribution in [0.5, 0.6) is 0 Å². The predicted molar refractivity (Wildman–Crippen MR) is 36.3 cm³/mol. The summed E-state index contributed by atoms with van der Waals surface area (Å²) < 4.78 is 0. The van der Waals surface area contributed by atoms with Crippen molar-refractivity contribution in [3.05, 3.63) is 38.5 Å². The van der Waals surface area contributed by atoms with E-state index in [4.69, 9.17) is 0 Å². The molecular weight excluding hydrogens is 84.1 g/mol. The molecule has 0 bridgehead atoms. The van der Waals surface area contributed by atoms with E-state index in [9.17, 15) is 0 Å². The second-order valence-corrected chi connectivity index (χ2v) is 0.813. The first-order valence-corrected chi connectivity index (χ1v) is 2.13. The van der Waals surface area contributed by atoms with Crippen LogP contribution in [0.25, 0.3) is 0 Å². The molecule has 0 fully saturated rings. The lowest BCUT2D eigenvalue weighted by atomic mass is 10.4. The van der Waals surface area contributed by atoms with E-state index >= 15 is 0 Å². The third-order valence-electron chi connectivity index (χ3n) is 0.333. The van der Waals surface area contributed by atoms with E-state index in [2.05, 4.69) is 26.3 Å².